The third-order valence-corrected chi connectivity index (χ3v) is 3.47. The number of likely N-dealkylation sites (N-methyl/N-ethyl adjacent to an activating group) is 1. The van der Waals surface area contributed by atoms with Crippen LogP contribution in [0, 0.1) is 0 Å². The van der Waals surface area contributed by atoms with Gasteiger partial charge in [-0.25, -0.2) is 0 Å². The van der Waals surface area contributed by atoms with Crippen LogP contribution in [0.5, 0.6) is 5.75 Å². The maximum absolute atomic E-state index is 11.8. The van der Waals surface area contributed by atoms with Gasteiger partial charge in [-0.05, 0) is 25.0 Å². The van der Waals surface area contributed by atoms with Crippen molar-refractivity contribution in [2.75, 3.05) is 13.7 Å². The van der Waals surface area contributed by atoms with Gasteiger partial charge in [0.05, 0.1) is 0 Å². The second-order valence-corrected chi connectivity index (χ2v) is 4.85. The normalized spacial score (nSPS) is 14.4. The van der Waals surface area contributed by atoms with Crippen molar-refractivity contribution in [2.45, 2.75) is 25.4 Å². The minimum absolute atomic E-state index is 0.0135. The second kappa shape index (κ2) is 5.59. The van der Waals surface area contributed by atoms with Crippen molar-refractivity contribution >= 4 is 17.5 Å². The fourth-order valence-electron chi connectivity index (χ4n) is 1.78. The summed E-state index contributed by atoms with van der Waals surface area (Å²) in [6.07, 6.45) is 2.18. The lowest BCUT2D eigenvalue weighted by Crippen LogP contribution is -2.33. The van der Waals surface area contributed by atoms with Gasteiger partial charge in [0.2, 0.25) is 0 Å². The molecule has 98 valence electrons. The molecule has 4 nitrogen and oxygen atoms in total. The van der Waals surface area contributed by atoms with Gasteiger partial charge in [0.15, 0.2) is 6.61 Å². The monoisotopic (exact) mass is 268 g/mol. The van der Waals surface area contributed by atoms with Crippen LogP contribution in [0.1, 0.15) is 18.4 Å². The molecule has 18 heavy (non-hydrogen) atoms. The zero-order valence-electron chi connectivity index (χ0n) is 10.4. The van der Waals surface area contributed by atoms with E-state index in [0.717, 1.165) is 18.4 Å². The van der Waals surface area contributed by atoms with Crippen molar-refractivity contribution in [3.8, 4) is 5.75 Å². The Morgan fingerprint density at radius 2 is 2.28 bits per heavy atom. The highest BCUT2D eigenvalue weighted by atomic mass is 35.5. The Balaban J connectivity index is 1.97. The highest BCUT2D eigenvalue weighted by Crippen LogP contribution is 2.27. The quantitative estimate of drug-likeness (QED) is 0.886. The molecule has 2 N–H and O–H groups in total. The van der Waals surface area contributed by atoms with E-state index in [1.807, 2.05) is 7.05 Å². The van der Waals surface area contributed by atoms with E-state index in [-0.39, 0.29) is 12.5 Å². The first-order valence-corrected chi connectivity index (χ1v) is 6.37. The predicted molar refractivity (Wildman–Crippen MR) is 70.6 cm³/mol. The summed E-state index contributed by atoms with van der Waals surface area (Å²) in [6, 6.07) is 5.72. The van der Waals surface area contributed by atoms with Gasteiger partial charge in [-0.3, -0.25) is 4.79 Å². The van der Waals surface area contributed by atoms with Crippen molar-refractivity contribution < 1.29 is 9.53 Å². The Bertz CT molecular complexity index is 447. The topological polar surface area (TPSA) is 55.6 Å². The first kappa shape index (κ1) is 13.2. The summed E-state index contributed by atoms with van der Waals surface area (Å²) >= 11 is 6.01. The number of nitrogens with two attached hydrogens (primary N) is 1. The molecule has 0 atom stereocenters. The average Bonchev–Trinajstić information content (AvgIpc) is 3.19. The summed E-state index contributed by atoms with van der Waals surface area (Å²) in [5.74, 6) is 0.572. The summed E-state index contributed by atoms with van der Waals surface area (Å²) < 4.78 is 5.51. The number of carbonyl (C=O) groups is 1. The molecule has 0 unspecified atom stereocenters. The lowest BCUT2D eigenvalue weighted by molar-refractivity contribution is -0.132. The molecule has 1 amide bonds. The Morgan fingerprint density at radius 3 is 2.89 bits per heavy atom. The zero-order valence-corrected chi connectivity index (χ0v) is 11.1. The van der Waals surface area contributed by atoms with E-state index in [2.05, 4.69) is 0 Å². The fourth-order valence-corrected chi connectivity index (χ4v) is 2.02. The molecule has 1 aliphatic rings. The summed E-state index contributed by atoms with van der Waals surface area (Å²) in [5.41, 5.74) is 6.35. The van der Waals surface area contributed by atoms with Crippen molar-refractivity contribution in [1.29, 1.82) is 0 Å². The van der Waals surface area contributed by atoms with Gasteiger partial charge < -0.3 is 15.4 Å². The van der Waals surface area contributed by atoms with E-state index < -0.39 is 0 Å². The molecule has 1 saturated carbocycles. The number of hydrogen-bond acceptors (Lipinski definition) is 3. The molecule has 2 rings (SSSR count). The molecule has 0 saturated heterocycles. The SMILES string of the molecule is CN(C(=O)COc1cccc(Cl)c1CN)C1CC1. The van der Waals surface area contributed by atoms with Crippen LogP contribution >= 0.6 is 11.6 Å². The fraction of sp³-hybridized carbons (Fsp3) is 0.462. The summed E-state index contributed by atoms with van der Waals surface area (Å²) in [6.45, 7) is 0.321. The van der Waals surface area contributed by atoms with Crippen LogP contribution in [0.4, 0.5) is 0 Å². The number of benzene rings is 1. The van der Waals surface area contributed by atoms with E-state index >= 15 is 0 Å². The van der Waals surface area contributed by atoms with E-state index in [1.165, 1.54) is 0 Å². The lowest BCUT2D eigenvalue weighted by Gasteiger charge is -2.17. The third kappa shape index (κ3) is 2.94. The van der Waals surface area contributed by atoms with Gasteiger partial charge in [-0.15, -0.1) is 0 Å². The third-order valence-electron chi connectivity index (χ3n) is 3.12. The molecule has 0 radical (unpaired) electrons. The standard InChI is InChI=1S/C13H17ClN2O2/c1-16(9-5-6-9)13(17)8-18-12-4-2-3-11(14)10(12)7-15/h2-4,9H,5-8,15H2,1H3. The van der Waals surface area contributed by atoms with Crippen molar-refractivity contribution in [2.24, 2.45) is 5.73 Å². The van der Waals surface area contributed by atoms with E-state index in [0.29, 0.717) is 23.4 Å². The largest absolute Gasteiger partial charge is 0.483 e. The molecule has 0 heterocycles. The average molecular weight is 269 g/mol. The summed E-state index contributed by atoms with van der Waals surface area (Å²) in [4.78, 5) is 13.6. The minimum atomic E-state index is -0.0135. The molecular weight excluding hydrogens is 252 g/mol. The van der Waals surface area contributed by atoms with Crippen LogP contribution < -0.4 is 10.5 Å². The van der Waals surface area contributed by atoms with Crippen molar-refractivity contribution in [3.05, 3.63) is 28.8 Å². The smallest absolute Gasteiger partial charge is 0.260 e. The van der Waals surface area contributed by atoms with Crippen LogP contribution in [-0.2, 0) is 11.3 Å². The van der Waals surface area contributed by atoms with Gasteiger partial charge in [0.25, 0.3) is 5.91 Å². The number of carbonyl (C=O) groups excluding carboxylic acids is 1. The zero-order chi connectivity index (χ0) is 13.1. The Kier molecular flexibility index (Phi) is 4.09. The molecule has 0 aromatic heterocycles. The summed E-state index contributed by atoms with van der Waals surface area (Å²) in [5, 5.41) is 0.568. The first-order chi connectivity index (χ1) is 8.63. The van der Waals surface area contributed by atoms with E-state index in [1.54, 1.807) is 23.1 Å². The number of halogens is 1. The molecule has 1 aliphatic carbocycles. The summed E-state index contributed by atoms with van der Waals surface area (Å²) in [7, 11) is 1.81. The number of ether oxygens (including phenoxy) is 1. The minimum Gasteiger partial charge on any atom is -0.483 e. The second-order valence-electron chi connectivity index (χ2n) is 4.45. The van der Waals surface area contributed by atoms with Gasteiger partial charge in [0.1, 0.15) is 5.75 Å². The number of hydrogen-bond donors (Lipinski definition) is 1. The van der Waals surface area contributed by atoms with E-state index in [4.69, 9.17) is 22.1 Å². The van der Waals surface area contributed by atoms with Crippen molar-refractivity contribution in [1.82, 2.24) is 4.90 Å². The number of amides is 1. The maximum Gasteiger partial charge on any atom is 0.260 e. The van der Waals surface area contributed by atoms with E-state index in [9.17, 15) is 4.79 Å². The molecular formula is C13H17ClN2O2. The first-order valence-electron chi connectivity index (χ1n) is 5.99. The highest BCUT2D eigenvalue weighted by molar-refractivity contribution is 6.31. The Hall–Kier alpha value is -1.26. The lowest BCUT2D eigenvalue weighted by atomic mass is 10.2. The molecule has 0 spiro atoms. The van der Waals surface area contributed by atoms with Crippen molar-refractivity contribution in [3.63, 3.8) is 0 Å². The van der Waals surface area contributed by atoms with Crippen LogP contribution in [0.25, 0.3) is 0 Å². The molecule has 0 bridgehead atoms. The number of nitrogens with zero attached hydrogens (tertiary/aromatic N) is 1. The van der Waals surface area contributed by atoms with Crippen LogP contribution in [0.15, 0.2) is 18.2 Å². The molecule has 1 aromatic rings. The Morgan fingerprint density at radius 1 is 1.56 bits per heavy atom. The van der Waals surface area contributed by atoms with Crippen LogP contribution in [0.3, 0.4) is 0 Å². The number of rotatable bonds is 5. The predicted octanol–water partition coefficient (Wildman–Crippen LogP) is 1.80. The van der Waals surface area contributed by atoms with Crippen LogP contribution in [0.2, 0.25) is 5.02 Å². The highest BCUT2D eigenvalue weighted by Gasteiger charge is 2.29. The van der Waals surface area contributed by atoms with Gasteiger partial charge in [0, 0.05) is 30.2 Å². The van der Waals surface area contributed by atoms with Gasteiger partial charge >= 0.3 is 0 Å². The van der Waals surface area contributed by atoms with Gasteiger partial charge in [-0.1, -0.05) is 17.7 Å². The Labute approximate surface area is 112 Å². The molecule has 0 aliphatic heterocycles. The molecule has 1 fully saturated rings. The van der Waals surface area contributed by atoms with Crippen LogP contribution in [-0.4, -0.2) is 30.5 Å². The van der Waals surface area contributed by atoms with Gasteiger partial charge in [-0.2, -0.15) is 0 Å². The maximum atomic E-state index is 11.8. The molecule has 1 aromatic carbocycles. The molecule has 5 heteroatoms.